The van der Waals surface area contributed by atoms with Gasteiger partial charge < -0.3 is 16.8 Å². The summed E-state index contributed by atoms with van der Waals surface area (Å²) >= 11 is 6.70. The number of anilines is 2. The molecule has 0 spiro atoms. The van der Waals surface area contributed by atoms with Crippen molar-refractivity contribution in [1.29, 1.82) is 0 Å². The molecule has 2 rings (SSSR count). The third kappa shape index (κ3) is 4.79. The van der Waals surface area contributed by atoms with Gasteiger partial charge in [0.15, 0.2) is 5.69 Å². The van der Waals surface area contributed by atoms with Crippen LogP contribution in [0.15, 0.2) is 24.3 Å². The number of primary amides is 1. The fourth-order valence-electron chi connectivity index (χ4n) is 2.45. The number of hydrogen-bond donors (Lipinski definition) is 3. The summed E-state index contributed by atoms with van der Waals surface area (Å²) in [7, 11) is 0. The Balaban J connectivity index is 2.49. The van der Waals surface area contributed by atoms with Gasteiger partial charge in [-0.25, -0.2) is 0 Å². The molecule has 1 aromatic heterocycles. The largest absolute Gasteiger partial charge is 0.395 e. The molecule has 3 amide bonds. The van der Waals surface area contributed by atoms with E-state index in [1.807, 2.05) is 20.8 Å². The highest BCUT2D eigenvalue weighted by Crippen LogP contribution is 2.28. The summed E-state index contributed by atoms with van der Waals surface area (Å²) in [5, 5.41) is 3.33. The van der Waals surface area contributed by atoms with Gasteiger partial charge in [-0.3, -0.25) is 19.3 Å². The molecule has 1 heterocycles. The second kappa shape index (κ2) is 8.15. The monoisotopic (exact) mass is 423 g/mol. The van der Waals surface area contributed by atoms with Crippen molar-refractivity contribution in [2.45, 2.75) is 39.3 Å². The molecule has 0 aliphatic carbocycles. The lowest BCUT2D eigenvalue weighted by atomic mass is 10.1. The molecule has 0 aliphatic heterocycles. The van der Waals surface area contributed by atoms with E-state index < -0.39 is 23.4 Å². The van der Waals surface area contributed by atoms with Gasteiger partial charge in [0.1, 0.15) is 10.9 Å². The molecule has 0 unspecified atom stereocenters. The third-order valence-corrected chi connectivity index (χ3v) is 4.85. The zero-order valence-corrected chi connectivity index (χ0v) is 17.5. The van der Waals surface area contributed by atoms with Crippen LogP contribution in [0.3, 0.4) is 0 Å². The highest BCUT2D eigenvalue weighted by atomic mass is 35.5. The van der Waals surface area contributed by atoms with E-state index in [1.54, 1.807) is 31.2 Å². The van der Waals surface area contributed by atoms with Gasteiger partial charge in [-0.15, -0.1) is 0 Å². The summed E-state index contributed by atoms with van der Waals surface area (Å²) in [4.78, 5) is 38.7. The van der Waals surface area contributed by atoms with Crippen molar-refractivity contribution < 1.29 is 14.4 Å². The average molecular weight is 424 g/mol. The van der Waals surface area contributed by atoms with Gasteiger partial charge >= 0.3 is 0 Å². The summed E-state index contributed by atoms with van der Waals surface area (Å²) in [6.07, 6.45) is 0. The van der Waals surface area contributed by atoms with Crippen molar-refractivity contribution in [3.8, 4) is 0 Å². The first-order chi connectivity index (χ1) is 12.9. The maximum atomic E-state index is 13.2. The van der Waals surface area contributed by atoms with E-state index in [2.05, 4.69) is 9.69 Å². The molecule has 0 saturated heterocycles. The summed E-state index contributed by atoms with van der Waals surface area (Å²) in [6.45, 7) is 7.12. The minimum Gasteiger partial charge on any atom is -0.395 e. The van der Waals surface area contributed by atoms with E-state index >= 15 is 0 Å². The normalized spacial score (nSPS) is 12.3. The molecule has 0 radical (unpaired) electrons. The Labute approximate surface area is 172 Å². The third-order valence-electron chi connectivity index (χ3n) is 3.74. The number of nitrogens with one attached hydrogen (secondary N) is 1. The number of hydrogen-bond acceptors (Lipinski definition) is 6. The van der Waals surface area contributed by atoms with E-state index in [1.165, 1.54) is 4.90 Å². The van der Waals surface area contributed by atoms with Crippen LogP contribution in [0.2, 0.25) is 5.02 Å². The lowest BCUT2D eigenvalue weighted by Crippen LogP contribution is -2.52. The molecular weight excluding hydrogens is 402 g/mol. The summed E-state index contributed by atoms with van der Waals surface area (Å²) < 4.78 is 3.86. The Hall–Kier alpha value is -2.65. The molecule has 1 aromatic carbocycles. The van der Waals surface area contributed by atoms with Crippen LogP contribution in [0.1, 0.15) is 47.9 Å². The molecule has 0 saturated carbocycles. The van der Waals surface area contributed by atoms with Crippen LogP contribution in [0.25, 0.3) is 0 Å². The minimum atomic E-state index is -0.869. The highest BCUT2D eigenvalue weighted by molar-refractivity contribution is 7.09. The molecule has 8 nitrogen and oxygen atoms in total. The number of amides is 3. The maximum Gasteiger partial charge on any atom is 0.272 e. The van der Waals surface area contributed by atoms with Crippen molar-refractivity contribution in [2.75, 3.05) is 10.6 Å². The fourth-order valence-corrected chi connectivity index (χ4v) is 3.32. The van der Waals surface area contributed by atoms with E-state index in [0.29, 0.717) is 10.7 Å². The maximum absolute atomic E-state index is 13.2. The number of carbonyl (C=O) groups is 3. The molecule has 0 aliphatic rings. The van der Waals surface area contributed by atoms with Gasteiger partial charge in [-0.2, -0.15) is 4.37 Å². The van der Waals surface area contributed by atoms with E-state index in [9.17, 15) is 14.4 Å². The molecule has 10 heteroatoms. The lowest BCUT2D eigenvalue weighted by molar-refractivity contribution is -0.123. The highest BCUT2D eigenvalue weighted by Gasteiger charge is 2.33. The van der Waals surface area contributed by atoms with Gasteiger partial charge in [0, 0.05) is 16.2 Å². The van der Waals surface area contributed by atoms with Gasteiger partial charge in [0.25, 0.3) is 11.8 Å². The fraction of sp³-hybridized carbons (Fsp3) is 0.333. The predicted molar refractivity (Wildman–Crippen MR) is 111 cm³/mol. The zero-order chi connectivity index (χ0) is 21.2. The summed E-state index contributed by atoms with van der Waals surface area (Å²) in [5.74, 6) is -1.75. The van der Waals surface area contributed by atoms with E-state index in [-0.39, 0.29) is 22.2 Å². The molecule has 28 heavy (non-hydrogen) atoms. The van der Waals surface area contributed by atoms with Gasteiger partial charge in [-0.05, 0) is 63.5 Å². The Bertz CT molecular complexity index is 905. The Morgan fingerprint density at radius 1 is 1.21 bits per heavy atom. The second-order valence-electron chi connectivity index (χ2n) is 7.21. The van der Waals surface area contributed by atoms with Crippen LogP contribution in [0, 0.1) is 0 Å². The Morgan fingerprint density at radius 3 is 2.25 bits per heavy atom. The zero-order valence-electron chi connectivity index (χ0n) is 15.9. The number of benzene rings is 1. The lowest BCUT2D eigenvalue weighted by Gasteiger charge is -2.31. The summed E-state index contributed by atoms with van der Waals surface area (Å²) in [6, 6.07) is 5.58. The number of aromatic nitrogens is 1. The van der Waals surface area contributed by atoms with Crippen molar-refractivity contribution in [3.05, 3.63) is 39.9 Å². The molecular formula is C18H22ClN5O3S. The summed E-state index contributed by atoms with van der Waals surface area (Å²) in [5.41, 5.74) is 10.8. The van der Waals surface area contributed by atoms with Gasteiger partial charge in [0.2, 0.25) is 5.91 Å². The van der Waals surface area contributed by atoms with Crippen LogP contribution < -0.4 is 21.7 Å². The van der Waals surface area contributed by atoms with Crippen LogP contribution >= 0.6 is 23.1 Å². The van der Waals surface area contributed by atoms with Gasteiger partial charge in [0.05, 0.1) is 5.69 Å². The second-order valence-corrected chi connectivity index (χ2v) is 8.41. The van der Waals surface area contributed by atoms with Gasteiger partial charge in [-0.1, -0.05) is 11.6 Å². The van der Waals surface area contributed by atoms with E-state index in [4.69, 9.17) is 23.1 Å². The van der Waals surface area contributed by atoms with Crippen LogP contribution in [-0.2, 0) is 4.79 Å². The minimum absolute atomic E-state index is 0.0270. The van der Waals surface area contributed by atoms with Crippen LogP contribution in [0.5, 0.6) is 0 Å². The topological polar surface area (TPSA) is 131 Å². The molecule has 2 aromatic rings. The number of rotatable bonds is 5. The first-order valence-electron chi connectivity index (χ1n) is 8.38. The molecule has 0 bridgehead atoms. The van der Waals surface area contributed by atoms with Crippen LogP contribution in [0.4, 0.5) is 11.4 Å². The number of nitrogens with two attached hydrogens (primary N) is 2. The SMILES string of the molecule is C[C@H](C(=O)NC(C)(C)C)N(C(=O)c1snc(C(N)=O)c1N)c1ccc(Cl)cc1. The molecule has 150 valence electrons. The number of nitrogen functional groups attached to an aromatic ring is 1. The average Bonchev–Trinajstić information content (AvgIpc) is 2.96. The van der Waals surface area contributed by atoms with E-state index in [0.717, 1.165) is 11.5 Å². The number of halogens is 1. The van der Waals surface area contributed by atoms with Crippen LogP contribution in [-0.4, -0.2) is 33.7 Å². The van der Waals surface area contributed by atoms with Crippen molar-refractivity contribution in [3.63, 3.8) is 0 Å². The predicted octanol–water partition coefficient (Wildman–Crippen LogP) is 2.43. The smallest absolute Gasteiger partial charge is 0.272 e. The molecule has 1 atom stereocenters. The number of nitrogens with zero attached hydrogens (tertiary/aromatic N) is 2. The quantitative estimate of drug-likeness (QED) is 0.679. The first kappa shape index (κ1) is 21.6. The number of carbonyl (C=O) groups excluding carboxylic acids is 3. The first-order valence-corrected chi connectivity index (χ1v) is 9.53. The Morgan fingerprint density at radius 2 is 1.79 bits per heavy atom. The molecule has 0 fully saturated rings. The Kier molecular flexibility index (Phi) is 6.30. The van der Waals surface area contributed by atoms with Crippen molar-refractivity contribution in [1.82, 2.24) is 9.69 Å². The van der Waals surface area contributed by atoms with Crippen molar-refractivity contribution in [2.24, 2.45) is 5.73 Å². The molecule has 5 N–H and O–H groups in total. The standard InChI is InChI=1S/C18H22ClN5O3S/c1-9(16(26)22-18(2,3)4)24(11-7-5-10(19)6-8-11)17(27)14-12(20)13(15(21)25)23-28-14/h5-9H,20H2,1-4H3,(H2,21,25)(H,22,26)/t9-/m1/s1. The van der Waals surface area contributed by atoms with Crippen molar-refractivity contribution >= 4 is 52.2 Å².